The average Bonchev–Trinajstić information content (AvgIpc) is 2.42. The van der Waals surface area contributed by atoms with Crippen LogP contribution in [0, 0.1) is 5.92 Å². The number of ether oxygens (including phenoxy) is 2. The summed E-state index contributed by atoms with van der Waals surface area (Å²) in [5, 5.41) is 3.40. The van der Waals surface area contributed by atoms with Crippen molar-refractivity contribution in [2.75, 3.05) is 21.3 Å². The molecule has 1 atom stereocenters. The maximum atomic E-state index is 5.34. The van der Waals surface area contributed by atoms with Gasteiger partial charge in [0.2, 0.25) is 0 Å². The molecule has 3 heteroatoms. The van der Waals surface area contributed by atoms with E-state index >= 15 is 0 Å². The zero-order chi connectivity index (χ0) is 14.3. The van der Waals surface area contributed by atoms with Crippen molar-refractivity contribution < 1.29 is 9.47 Å². The third-order valence-corrected chi connectivity index (χ3v) is 3.43. The van der Waals surface area contributed by atoms with Crippen LogP contribution < -0.4 is 14.8 Å². The molecule has 0 aromatic heterocycles. The van der Waals surface area contributed by atoms with Gasteiger partial charge in [0.25, 0.3) is 0 Å². The van der Waals surface area contributed by atoms with Gasteiger partial charge < -0.3 is 14.8 Å². The van der Waals surface area contributed by atoms with Gasteiger partial charge in [0, 0.05) is 6.04 Å². The number of methoxy groups -OCH3 is 2. The average molecular weight is 265 g/mol. The van der Waals surface area contributed by atoms with Crippen LogP contribution in [-0.2, 0) is 6.42 Å². The molecule has 1 aromatic rings. The predicted octanol–water partition coefficient (Wildman–Crippen LogP) is 3.27. The van der Waals surface area contributed by atoms with Crippen molar-refractivity contribution in [3.8, 4) is 11.5 Å². The van der Waals surface area contributed by atoms with E-state index in [1.165, 1.54) is 18.4 Å². The topological polar surface area (TPSA) is 30.5 Å². The van der Waals surface area contributed by atoms with Gasteiger partial charge in [-0.1, -0.05) is 19.9 Å². The highest BCUT2D eigenvalue weighted by atomic mass is 16.5. The minimum Gasteiger partial charge on any atom is -0.493 e. The molecule has 0 aliphatic carbocycles. The molecule has 108 valence electrons. The fourth-order valence-corrected chi connectivity index (χ4v) is 2.18. The van der Waals surface area contributed by atoms with Gasteiger partial charge >= 0.3 is 0 Å². The maximum Gasteiger partial charge on any atom is 0.160 e. The Kier molecular flexibility index (Phi) is 6.71. The Morgan fingerprint density at radius 3 is 2.26 bits per heavy atom. The van der Waals surface area contributed by atoms with Crippen LogP contribution in [0.5, 0.6) is 11.5 Å². The van der Waals surface area contributed by atoms with Crippen molar-refractivity contribution in [3.63, 3.8) is 0 Å². The molecule has 1 N–H and O–H groups in total. The largest absolute Gasteiger partial charge is 0.493 e. The molecule has 0 saturated carbocycles. The van der Waals surface area contributed by atoms with E-state index in [0.717, 1.165) is 23.8 Å². The molecule has 0 spiro atoms. The number of hydrogen-bond donors (Lipinski definition) is 1. The van der Waals surface area contributed by atoms with Crippen LogP contribution in [0.15, 0.2) is 18.2 Å². The molecule has 0 amide bonds. The molecule has 19 heavy (non-hydrogen) atoms. The van der Waals surface area contributed by atoms with Gasteiger partial charge in [-0.05, 0) is 49.9 Å². The zero-order valence-electron chi connectivity index (χ0n) is 12.8. The van der Waals surface area contributed by atoms with E-state index in [0.29, 0.717) is 6.04 Å². The third kappa shape index (κ3) is 5.11. The molecule has 1 aromatic carbocycles. The molecule has 0 saturated heterocycles. The van der Waals surface area contributed by atoms with Crippen molar-refractivity contribution in [2.45, 2.75) is 39.2 Å². The molecule has 1 unspecified atom stereocenters. The first-order valence-electron chi connectivity index (χ1n) is 6.98. The first-order chi connectivity index (χ1) is 9.10. The van der Waals surface area contributed by atoms with Crippen LogP contribution in [0.4, 0.5) is 0 Å². The van der Waals surface area contributed by atoms with Crippen LogP contribution in [0.25, 0.3) is 0 Å². The summed E-state index contributed by atoms with van der Waals surface area (Å²) in [6.07, 6.45) is 3.46. The number of rotatable bonds is 8. The van der Waals surface area contributed by atoms with Crippen LogP contribution >= 0.6 is 0 Å². The molecule has 0 bridgehead atoms. The van der Waals surface area contributed by atoms with Gasteiger partial charge in [-0.2, -0.15) is 0 Å². The lowest BCUT2D eigenvalue weighted by Crippen LogP contribution is -2.27. The molecule has 0 radical (unpaired) electrons. The highest BCUT2D eigenvalue weighted by Crippen LogP contribution is 2.28. The summed E-state index contributed by atoms with van der Waals surface area (Å²) < 4.78 is 10.6. The summed E-state index contributed by atoms with van der Waals surface area (Å²) in [6.45, 7) is 4.53. The molecular formula is C16H27NO2. The summed E-state index contributed by atoms with van der Waals surface area (Å²) in [5.41, 5.74) is 1.28. The van der Waals surface area contributed by atoms with Gasteiger partial charge in [-0.3, -0.25) is 0 Å². The minimum absolute atomic E-state index is 0.514. The highest BCUT2D eigenvalue weighted by Gasteiger charge is 2.11. The lowest BCUT2D eigenvalue weighted by Gasteiger charge is -2.18. The Balaban J connectivity index is 2.68. The number of nitrogens with one attached hydrogen (secondary N) is 1. The van der Waals surface area contributed by atoms with E-state index < -0.39 is 0 Å². The third-order valence-electron chi connectivity index (χ3n) is 3.43. The second kappa shape index (κ2) is 8.05. The SMILES string of the molecule is CNC(CCC(C)C)Cc1ccc(OC)c(OC)c1. The van der Waals surface area contributed by atoms with Gasteiger partial charge in [0.05, 0.1) is 14.2 Å². The quantitative estimate of drug-likeness (QED) is 0.782. The molecule has 0 fully saturated rings. The van der Waals surface area contributed by atoms with Crippen LogP contribution in [0.1, 0.15) is 32.3 Å². The molecule has 3 nitrogen and oxygen atoms in total. The Morgan fingerprint density at radius 1 is 1.05 bits per heavy atom. The summed E-state index contributed by atoms with van der Waals surface area (Å²) in [7, 11) is 5.37. The first kappa shape index (κ1) is 15.8. The molecule has 0 aliphatic heterocycles. The van der Waals surface area contributed by atoms with E-state index in [1.807, 2.05) is 13.1 Å². The zero-order valence-corrected chi connectivity index (χ0v) is 12.8. The second-order valence-electron chi connectivity index (χ2n) is 5.35. The molecule has 0 aliphatic rings. The smallest absolute Gasteiger partial charge is 0.160 e. The number of likely N-dealkylation sites (N-methyl/N-ethyl adjacent to an activating group) is 1. The summed E-state index contributed by atoms with van der Waals surface area (Å²) in [6, 6.07) is 6.67. The summed E-state index contributed by atoms with van der Waals surface area (Å²) in [4.78, 5) is 0. The normalized spacial score (nSPS) is 12.5. The molecular weight excluding hydrogens is 238 g/mol. The van der Waals surface area contributed by atoms with E-state index in [9.17, 15) is 0 Å². The molecule has 1 rings (SSSR count). The van der Waals surface area contributed by atoms with Crippen molar-refractivity contribution in [3.05, 3.63) is 23.8 Å². The van der Waals surface area contributed by atoms with Gasteiger partial charge in [-0.15, -0.1) is 0 Å². The van der Waals surface area contributed by atoms with E-state index in [2.05, 4.69) is 31.3 Å². The van der Waals surface area contributed by atoms with Crippen LogP contribution in [-0.4, -0.2) is 27.3 Å². The van der Waals surface area contributed by atoms with E-state index in [1.54, 1.807) is 14.2 Å². The van der Waals surface area contributed by atoms with Crippen molar-refractivity contribution in [2.24, 2.45) is 5.92 Å². The van der Waals surface area contributed by atoms with Gasteiger partial charge in [0.15, 0.2) is 11.5 Å². The standard InChI is InChI=1S/C16H27NO2/c1-12(2)6-8-14(17-3)10-13-7-9-15(18-4)16(11-13)19-5/h7,9,11-12,14,17H,6,8,10H2,1-5H3. The summed E-state index contributed by atoms with van der Waals surface area (Å²) in [5.74, 6) is 2.34. The maximum absolute atomic E-state index is 5.34. The van der Waals surface area contributed by atoms with Crippen LogP contribution in [0.2, 0.25) is 0 Å². The Morgan fingerprint density at radius 2 is 1.74 bits per heavy atom. The lowest BCUT2D eigenvalue weighted by atomic mass is 9.98. The predicted molar refractivity (Wildman–Crippen MR) is 80.2 cm³/mol. The van der Waals surface area contributed by atoms with Crippen LogP contribution in [0.3, 0.4) is 0 Å². The Hall–Kier alpha value is -1.22. The fourth-order valence-electron chi connectivity index (χ4n) is 2.18. The highest BCUT2D eigenvalue weighted by molar-refractivity contribution is 5.43. The van der Waals surface area contributed by atoms with Gasteiger partial charge in [0.1, 0.15) is 0 Å². The van der Waals surface area contributed by atoms with Crippen molar-refractivity contribution in [1.82, 2.24) is 5.32 Å². The number of hydrogen-bond acceptors (Lipinski definition) is 3. The molecule has 0 heterocycles. The first-order valence-corrected chi connectivity index (χ1v) is 6.98. The lowest BCUT2D eigenvalue weighted by molar-refractivity contribution is 0.354. The van der Waals surface area contributed by atoms with Crippen molar-refractivity contribution >= 4 is 0 Å². The second-order valence-corrected chi connectivity index (χ2v) is 5.35. The van der Waals surface area contributed by atoms with E-state index in [-0.39, 0.29) is 0 Å². The monoisotopic (exact) mass is 265 g/mol. The minimum atomic E-state index is 0.514. The Labute approximate surface area is 117 Å². The van der Waals surface area contributed by atoms with Gasteiger partial charge in [-0.25, -0.2) is 0 Å². The number of benzene rings is 1. The summed E-state index contributed by atoms with van der Waals surface area (Å²) >= 11 is 0. The van der Waals surface area contributed by atoms with E-state index in [4.69, 9.17) is 9.47 Å². The Bertz CT molecular complexity index is 377. The fraction of sp³-hybridized carbons (Fsp3) is 0.625. The van der Waals surface area contributed by atoms with Crippen molar-refractivity contribution in [1.29, 1.82) is 0 Å².